The fourth-order valence-corrected chi connectivity index (χ4v) is 3.06. The second-order valence-electron chi connectivity index (χ2n) is 5.39. The molecule has 0 saturated heterocycles. The smallest absolute Gasteiger partial charge is 0.0714 e. The molecule has 0 fully saturated rings. The summed E-state index contributed by atoms with van der Waals surface area (Å²) < 4.78 is 4.47. The number of benzene rings is 2. The van der Waals surface area contributed by atoms with Crippen molar-refractivity contribution in [3.8, 4) is 0 Å². The predicted molar refractivity (Wildman–Crippen MR) is 80.4 cm³/mol. The lowest BCUT2D eigenvalue weighted by atomic mass is 9.80. The molecule has 104 valence electrons. The number of fused-ring (bicyclic) bond motifs is 3. The molecule has 20 heavy (non-hydrogen) atoms. The Morgan fingerprint density at radius 3 is 2.75 bits per heavy atom. The van der Waals surface area contributed by atoms with E-state index >= 15 is 0 Å². The van der Waals surface area contributed by atoms with E-state index in [4.69, 9.17) is 5.26 Å². The number of rotatable bonds is 3. The summed E-state index contributed by atoms with van der Waals surface area (Å²) in [6, 6.07) is 10.1. The van der Waals surface area contributed by atoms with Crippen LogP contribution in [0.4, 0.5) is 5.69 Å². The topological polar surface area (TPSA) is 51.0 Å². The molecule has 0 aliphatic carbocycles. The molecule has 0 saturated carbocycles. The molecule has 2 aromatic carbocycles. The van der Waals surface area contributed by atoms with Crippen molar-refractivity contribution in [3.63, 3.8) is 0 Å². The van der Waals surface area contributed by atoms with Gasteiger partial charge < -0.3 is 0 Å². The van der Waals surface area contributed by atoms with Crippen molar-refractivity contribution in [2.75, 3.05) is 0 Å². The maximum atomic E-state index is 8.21. The molecule has 0 amide bonds. The van der Waals surface area contributed by atoms with Crippen LogP contribution in [-0.4, -0.2) is 11.0 Å². The van der Waals surface area contributed by atoms with E-state index in [1.807, 2.05) is 18.2 Å². The van der Waals surface area contributed by atoms with Gasteiger partial charge in [0.25, 0.3) is 0 Å². The van der Waals surface area contributed by atoms with Crippen molar-refractivity contribution < 1.29 is 14.6 Å². The molecule has 1 aliphatic rings. The predicted octanol–water partition coefficient (Wildman–Crippen LogP) is 4.65. The summed E-state index contributed by atoms with van der Waals surface area (Å²) in [7, 11) is 0. The van der Waals surface area contributed by atoms with Gasteiger partial charge in [-0.1, -0.05) is 31.0 Å². The molecule has 4 nitrogen and oxygen atoms in total. The normalized spacial score (nSPS) is 16.3. The summed E-state index contributed by atoms with van der Waals surface area (Å²) >= 11 is 0.968. The molecule has 0 aromatic heterocycles. The van der Waals surface area contributed by atoms with E-state index in [0.717, 1.165) is 33.7 Å². The zero-order chi connectivity index (χ0) is 14.3. The van der Waals surface area contributed by atoms with Gasteiger partial charge in [0.05, 0.1) is 17.7 Å². The molecule has 0 unspecified atom stereocenters. The second kappa shape index (κ2) is 4.86. The fourth-order valence-electron chi connectivity index (χ4n) is 2.65. The van der Waals surface area contributed by atoms with Crippen LogP contribution in [0.3, 0.4) is 0 Å². The van der Waals surface area contributed by atoms with Gasteiger partial charge in [-0.05, 0) is 41.5 Å². The zero-order valence-electron chi connectivity index (χ0n) is 11.5. The van der Waals surface area contributed by atoms with Crippen LogP contribution in [0.15, 0.2) is 40.2 Å². The number of nitrogens with zero attached hydrogens (tertiary/aromatic N) is 1. The standard InChI is InChI=1S/C15H15NO3S/c1-9-15(2,3)14-12-6-5-11(20-19-18-17)8-10(12)4-7-13(14)16-9/h4-8,17H,1-3H3. The molecule has 1 aliphatic heterocycles. The van der Waals surface area contributed by atoms with E-state index in [2.05, 4.69) is 47.3 Å². The first-order valence-corrected chi connectivity index (χ1v) is 7.06. The Kier molecular flexibility index (Phi) is 3.30. The van der Waals surface area contributed by atoms with E-state index in [1.54, 1.807) is 0 Å². The van der Waals surface area contributed by atoms with Gasteiger partial charge >= 0.3 is 0 Å². The minimum Gasteiger partial charge on any atom is -0.257 e. The molecule has 3 rings (SSSR count). The third kappa shape index (κ3) is 2.03. The molecule has 0 atom stereocenters. The van der Waals surface area contributed by atoms with E-state index in [1.165, 1.54) is 10.9 Å². The van der Waals surface area contributed by atoms with E-state index in [9.17, 15) is 0 Å². The maximum absolute atomic E-state index is 8.21. The minimum atomic E-state index is -0.0474. The third-order valence-electron chi connectivity index (χ3n) is 3.95. The molecular weight excluding hydrogens is 274 g/mol. The van der Waals surface area contributed by atoms with Gasteiger partial charge in [-0.15, -0.1) is 4.33 Å². The van der Waals surface area contributed by atoms with E-state index in [-0.39, 0.29) is 5.41 Å². The summed E-state index contributed by atoms with van der Waals surface area (Å²) in [6.07, 6.45) is 0. The van der Waals surface area contributed by atoms with Crippen molar-refractivity contribution >= 4 is 34.2 Å². The average Bonchev–Trinajstić information content (AvgIpc) is 2.67. The van der Waals surface area contributed by atoms with Gasteiger partial charge in [0.1, 0.15) is 0 Å². The van der Waals surface area contributed by atoms with Crippen LogP contribution in [-0.2, 0) is 14.8 Å². The van der Waals surface area contributed by atoms with Crippen molar-refractivity contribution in [3.05, 3.63) is 35.9 Å². The number of hydrogen-bond acceptors (Lipinski definition) is 5. The van der Waals surface area contributed by atoms with Crippen LogP contribution in [0.5, 0.6) is 0 Å². The highest BCUT2D eigenvalue weighted by Crippen LogP contribution is 2.44. The summed E-state index contributed by atoms with van der Waals surface area (Å²) in [6.45, 7) is 6.47. The van der Waals surface area contributed by atoms with Gasteiger partial charge in [-0.25, -0.2) is 5.26 Å². The first-order chi connectivity index (χ1) is 9.54. The van der Waals surface area contributed by atoms with Crippen LogP contribution < -0.4 is 0 Å². The highest BCUT2D eigenvalue weighted by molar-refractivity contribution is 7.94. The highest BCUT2D eigenvalue weighted by Gasteiger charge is 2.33. The quantitative estimate of drug-likeness (QED) is 0.507. The molecule has 0 bridgehead atoms. The Bertz CT molecular complexity index is 710. The van der Waals surface area contributed by atoms with Gasteiger partial charge in [-0.3, -0.25) is 4.99 Å². The first-order valence-electron chi connectivity index (χ1n) is 6.32. The van der Waals surface area contributed by atoms with Crippen molar-refractivity contribution in [1.29, 1.82) is 0 Å². The van der Waals surface area contributed by atoms with Gasteiger partial charge in [-0.2, -0.15) is 0 Å². The first kappa shape index (κ1) is 13.6. The molecule has 0 spiro atoms. The molecule has 1 N–H and O–H groups in total. The van der Waals surface area contributed by atoms with Crippen LogP contribution in [0.25, 0.3) is 10.8 Å². The highest BCUT2D eigenvalue weighted by atomic mass is 32.2. The fraction of sp³-hybridized carbons (Fsp3) is 0.267. The Labute approximate surface area is 121 Å². The van der Waals surface area contributed by atoms with Crippen LogP contribution in [0, 0.1) is 0 Å². The summed E-state index contributed by atoms with van der Waals surface area (Å²) in [5, 5.41) is 14.1. The van der Waals surface area contributed by atoms with Crippen LogP contribution in [0.1, 0.15) is 26.3 Å². The Morgan fingerprint density at radius 1 is 1.20 bits per heavy atom. The average molecular weight is 289 g/mol. The molecule has 2 aromatic rings. The zero-order valence-corrected chi connectivity index (χ0v) is 12.3. The third-order valence-corrected chi connectivity index (χ3v) is 4.52. The van der Waals surface area contributed by atoms with Crippen LogP contribution in [0.2, 0.25) is 0 Å². The molecule has 0 radical (unpaired) electrons. The lowest BCUT2D eigenvalue weighted by Gasteiger charge is -2.22. The van der Waals surface area contributed by atoms with Gasteiger partial charge in [0.15, 0.2) is 0 Å². The largest absolute Gasteiger partial charge is 0.257 e. The minimum absolute atomic E-state index is 0.0474. The second-order valence-corrected chi connectivity index (χ2v) is 6.16. The van der Waals surface area contributed by atoms with Crippen molar-refractivity contribution in [1.82, 2.24) is 0 Å². The molecule has 1 heterocycles. The Morgan fingerprint density at radius 2 is 2.00 bits per heavy atom. The van der Waals surface area contributed by atoms with Crippen molar-refractivity contribution in [2.45, 2.75) is 31.1 Å². The van der Waals surface area contributed by atoms with E-state index < -0.39 is 0 Å². The lowest BCUT2D eigenvalue weighted by molar-refractivity contribution is -0.432. The molecular formula is C15H15NO3S. The van der Waals surface area contributed by atoms with Gasteiger partial charge in [0.2, 0.25) is 0 Å². The summed E-state index contributed by atoms with van der Waals surface area (Å²) in [5.41, 5.74) is 3.41. The Hall–Kier alpha value is -1.40. The van der Waals surface area contributed by atoms with E-state index in [0.29, 0.717) is 0 Å². The Balaban J connectivity index is 2.13. The number of hydrogen-bond donors (Lipinski definition) is 1. The van der Waals surface area contributed by atoms with Crippen molar-refractivity contribution in [2.24, 2.45) is 4.99 Å². The molecule has 5 heteroatoms. The van der Waals surface area contributed by atoms with Crippen LogP contribution >= 0.6 is 12.0 Å². The summed E-state index contributed by atoms with van der Waals surface area (Å²) in [4.78, 5) is 5.52. The number of aliphatic imine (C=N–C) groups is 1. The summed E-state index contributed by atoms with van der Waals surface area (Å²) in [5.74, 6) is 0. The van der Waals surface area contributed by atoms with Gasteiger partial charge in [0, 0.05) is 16.0 Å². The lowest BCUT2D eigenvalue weighted by Crippen LogP contribution is -2.22. The SMILES string of the molecule is CC1=Nc2ccc3cc(SOOO)ccc3c2C1(C)C. The monoisotopic (exact) mass is 289 g/mol. The maximum Gasteiger partial charge on any atom is 0.0714 e.